The van der Waals surface area contributed by atoms with Crippen LogP contribution in [0.5, 0.6) is 0 Å². The Balaban J connectivity index is 2.58. The molecule has 1 rings (SSSR count). The third-order valence-corrected chi connectivity index (χ3v) is 2.15. The van der Waals surface area contributed by atoms with Gasteiger partial charge in [-0.15, -0.1) is 0 Å². The molecule has 0 heterocycles. The topological polar surface area (TPSA) is 69.6 Å². The zero-order valence-corrected chi connectivity index (χ0v) is 8.99. The minimum atomic E-state index is -1.02. The normalized spacial score (nSPS) is 10.6. The molecule has 6 heteroatoms. The molecule has 0 aliphatic carbocycles. The molecule has 0 saturated heterocycles. The lowest BCUT2D eigenvalue weighted by Gasteiger charge is -2.13. The van der Waals surface area contributed by atoms with Crippen molar-refractivity contribution in [2.75, 3.05) is 13.2 Å². The number of benzene rings is 1. The van der Waals surface area contributed by atoms with Gasteiger partial charge in [-0.25, -0.2) is 8.78 Å². The van der Waals surface area contributed by atoms with Crippen LogP contribution in [-0.2, 0) is 11.2 Å². The number of hydrogen-bond acceptors (Lipinski definition) is 3. The maximum absolute atomic E-state index is 12.8. The van der Waals surface area contributed by atoms with Gasteiger partial charge in [0, 0.05) is 0 Å². The molecule has 0 fully saturated rings. The average molecular weight is 245 g/mol. The molecule has 1 aromatic rings. The van der Waals surface area contributed by atoms with Gasteiger partial charge in [-0.05, 0) is 17.7 Å². The Labute approximate surface area is 96.9 Å². The number of carbonyl (C=O) groups is 1. The molecule has 0 unspecified atom stereocenters. The van der Waals surface area contributed by atoms with Crippen molar-refractivity contribution < 1.29 is 23.8 Å². The monoisotopic (exact) mass is 245 g/mol. The lowest BCUT2D eigenvalue weighted by molar-refractivity contribution is -0.121. The smallest absolute Gasteiger partial charge is 0.224 e. The van der Waals surface area contributed by atoms with Crippen molar-refractivity contribution in [2.24, 2.45) is 0 Å². The number of halogens is 2. The summed E-state index contributed by atoms with van der Waals surface area (Å²) in [5.74, 6) is -2.47. The van der Waals surface area contributed by atoms with Gasteiger partial charge >= 0.3 is 0 Å². The second kappa shape index (κ2) is 6.27. The van der Waals surface area contributed by atoms with Gasteiger partial charge in [0.1, 0.15) is 0 Å². The maximum atomic E-state index is 12.8. The standard InChI is InChI=1S/C11H13F2NO3/c12-9-2-1-7(3-10(9)13)4-11(17)14-8(5-15)6-16/h1-3,8,15-16H,4-6H2,(H,14,17). The summed E-state index contributed by atoms with van der Waals surface area (Å²) in [4.78, 5) is 11.4. The lowest BCUT2D eigenvalue weighted by Crippen LogP contribution is -2.40. The van der Waals surface area contributed by atoms with E-state index in [9.17, 15) is 13.6 Å². The Bertz CT molecular complexity index is 394. The largest absolute Gasteiger partial charge is 0.394 e. The summed E-state index contributed by atoms with van der Waals surface area (Å²) in [6.45, 7) is -0.778. The molecular weight excluding hydrogens is 232 g/mol. The zero-order chi connectivity index (χ0) is 12.8. The highest BCUT2D eigenvalue weighted by Gasteiger charge is 2.11. The summed E-state index contributed by atoms with van der Waals surface area (Å²) in [6.07, 6.45) is -0.145. The number of amides is 1. The number of hydrogen-bond donors (Lipinski definition) is 3. The van der Waals surface area contributed by atoms with Crippen molar-refractivity contribution in [3.63, 3.8) is 0 Å². The van der Waals surface area contributed by atoms with Gasteiger partial charge < -0.3 is 15.5 Å². The number of rotatable bonds is 5. The Morgan fingerprint density at radius 1 is 1.24 bits per heavy atom. The summed E-state index contributed by atoms with van der Waals surface area (Å²) < 4.78 is 25.5. The van der Waals surface area contributed by atoms with Gasteiger partial charge in [-0.3, -0.25) is 4.79 Å². The molecule has 0 aromatic heterocycles. The molecule has 0 bridgehead atoms. The highest BCUT2D eigenvalue weighted by Crippen LogP contribution is 2.09. The van der Waals surface area contributed by atoms with Crippen LogP contribution in [0, 0.1) is 11.6 Å². The summed E-state index contributed by atoms with van der Waals surface area (Å²) >= 11 is 0. The minimum Gasteiger partial charge on any atom is -0.394 e. The fraction of sp³-hybridized carbons (Fsp3) is 0.364. The highest BCUT2D eigenvalue weighted by atomic mass is 19.2. The lowest BCUT2D eigenvalue weighted by atomic mass is 10.1. The molecule has 94 valence electrons. The summed E-state index contributed by atoms with van der Waals surface area (Å²) in [6, 6.07) is 2.42. The SMILES string of the molecule is O=C(Cc1ccc(F)c(F)c1)NC(CO)CO. The van der Waals surface area contributed by atoms with Gasteiger partial charge in [0.15, 0.2) is 11.6 Å². The van der Waals surface area contributed by atoms with Crippen LogP contribution in [0.15, 0.2) is 18.2 Å². The van der Waals surface area contributed by atoms with Crippen LogP contribution in [0.3, 0.4) is 0 Å². The van der Waals surface area contributed by atoms with Gasteiger partial charge in [0.25, 0.3) is 0 Å². The predicted molar refractivity (Wildman–Crippen MR) is 56.2 cm³/mol. The van der Waals surface area contributed by atoms with Gasteiger partial charge in [0.05, 0.1) is 25.7 Å². The van der Waals surface area contributed by atoms with E-state index in [1.807, 2.05) is 0 Å². The molecule has 0 aliphatic rings. The molecule has 1 amide bonds. The molecule has 0 atom stereocenters. The fourth-order valence-electron chi connectivity index (χ4n) is 1.26. The fourth-order valence-corrected chi connectivity index (χ4v) is 1.26. The molecular formula is C11H13F2NO3. The molecule has 0 aliphatic heterocycles. The van der Waals surface area contributed by atoms with Crippen LogP contribution in [0.25, 0.3) is 0 Å². The third-order valence-electron chi connectivity index (χ3n) is 2.15. The van der Waals surface area contributed by atoms with Crippen molar-refractivity contribution in [2.45, 2.75) is 12.5 Å². The summed E-state index contributed by atoms with van der Waals surface area (Å²) in [5, 5.41) is 19.8. The van der Waals surface area contributed by atoms with Crippen LogP contribution in [0.2, 0.25) is 0 Å². The van der Waals surface area contributed by atoms with E-state index in [-0.39, 0.29) is 19.6 Å². The van der Waals surface area contributed by atoms with E-state index in [1.165, 1.54) is 6.07 Å². The van der Waals surface area contributed by atoms with E-state index in [1.54, 1.807) is 0 Å². The molecule has 4 nitrogen and oxygen atoms in total. The molecule has 0 radical (unpaired) electrons. The van der Waals surface area contributed by atoms with Crippen molar-refractivity contribution in [3.8, 4) is 0 Å². The van der Waals surface area contributed by atoms with Crippen LogP contribution < -0.4 is 5.32 Å². The third kappa shape index (κ3) is 4.08. The van der Waals surface area contributed by atoms with Crippen LogP contribution in [0.1, 0.15) is 5.56 Å². The van der Waals surface area contributed by atoms with Gasteiger partial charge in [-0.1, -0.05) is 6.07 Å². The van der Waals surface area contributed by atoms with Gasteiger partial charge in [0.2, 0.25) is 5.91 Å². The Kier molecular flexibility index (Phi) is 4.99. The van der Waals surface area contributed by atoms with Crippen molar-refractivity contribution in [3.05, 3.63) is 35.4 Å². The maximum Gasteiger partial charge on any atom is 0.224 e. The quantitative estimate of drug-likeness (QED) is 0.682. The van der Waals surface area contributed by atoms with E-state index < -0.39 is 23.6 Å². The predicted octanol–water partition coefficient (Wildman–Crippen LogP) is -0.0233. The Morgan fingerprint density at radius 2 is 1.88 bits per heavy atom. The van der Waals surface area contributed by atoms with Crippen LogP contribution in [-0.4, -0.2) is 35.4 Å². The van der Waals surface area contributed by atoms with Crippen LogP contribution >= 0.6 is 0 Å². The second-order valence-electron chi connectivity index (χ2n) is 3.55. The summed E-state index contributed by atoms with van der Waals surface area (Å²) in [7, 11) is 0. The Hall–Kier alpha value is -1.53. The van der Waals surface area contributed by atoms with Crippen molar-refractivity contribution >= 4 is 5.91 Å². The van der Waals surface area contributed by atoms with E-state index in [2.05, 4.69) is 5.32 Å². The number of aliphatic hydroxyl groups excluding tert-OH is 2. The first-order valence-corrected chi connectivity index (χ1v) is 5.01. The molecule has 1 aromatic carbocycles. The summed E-state index contributed by atoms with van der Waals surface area (Å²) in [5.41, 5.74) is 0.316. The molecule has 3 N–H and O–H groups in total. The second-order valence-corrected chi connectivity index (χ2v) is 3.55. The number of aliphatic hydroxyl groups is 2. The first kappa shape index (κ1) is 13.5. The first-order valence-electron chi connectivity index (χ1n) is 5.01. The van der Waals surface area contributed by atoms with E-state index in [4.69, 9.17) is 10.2 Å². The number of nitrogens with one attached hydrogen (secondary N) is 1. The van der Waals surface area contributed by atoms with Crippen molar-refractivity contribution in [1.82, 2.24) is 5.32 Å². The zero-order valence-electron chi connectivity index (χ0n) is 8.99. The Morgan fingerprint density at radius 3 is 2.41 bits per heavy atom. The van der Waals surface area contributed by atoms with Gasteiger partial charge in [-0.2, -0.15) is 0 Å². The van der Waals surface area contributed by atoms with E-state index in [0.29, 0.717) is 5.56 Å². The molecule has 0 saturated carbocycles. The average Bonchev–Trinajstić information content (AvgIpc) is 2.31. The van der Waals surface area contributed by atoms with Crippen LogP contribution in [0.4, 0.5) is 8.78 Å². The highest BCUT2D eigenvalue weighted by molar-refractivity contribution is 5.78. The van der Waals surface area contributed by atoms with Crippen molar-refractivity contribution in [1.29, 1.82) is 0 Å². The van der Waals surface area contributed by atoms with E-state index in [0.717, 1.165) is 12.1 Å². The molecule has 17 heavy (non-hydrogen) atoms. The van der Waals surface area contributed by atoms with E-state index >= 15 is 0 Å². The minimum absolute atomic E-state index is 0.145. The first-order chi connectivity index (χ1) is 8.06. The molecule has 0 spiro atoms. The number of carbonyl (C=O) groups excluding carboxylic acids is 1.